The topological polar surface area (TPSA) is 88.8 Å². The summed E-state index contributed by atoms with van der Waals surface area (Å²) in [6.07, 6.45) is 4.65. The molecule has 9 heteroatoms. The van der Waals surface area contributed by atoms with E-state index in [1.165, 1.54) is 0 Å². The Hall–Kier alpha value is -3.18. The Morgan fingerprint density at radius 3 is 2.44 bits per heavy atom. The van der Waals surface area contributed by atoms with Crippen molar-refractivity contribution in [3.63, 3.8) is 0 Å². The number of benzene rings is 1. The van der Waals surface area contributed by atoms with E-state index in [1.807, 2.05) is 6.07 Å². The number of nitrogens with zero attached hydrogens (tertiary/aromatic N) is 4. The summed E-state index contributed by atoms with van der Waals surface area (Å²) < 4.78 is 6.02. The lowest BCUT2D eigenvalue weighted by atomic mass is 9.93. The second kappa shape index (κ2) is 9.59. The zero-order chi connectivity index (χ0) is 23.7. The molecule has 1 saturated heterocycles. The molecule has 1 aromatic carbocycles. The van der Waals surface area contributed by atoms with Crippen molar-refractivity contribution >= 4 is 34.8 Å². The molecule has 2 aliphatic carbocycles. The minimum absolute atomic E-state index is 0.0531. The highest BCUT2D eigenvalue weighted by Gasteiger charge is 2.40. The first-order valence-corrected chi connectivity index (χ1v) is 12.1. The van der Waals surface area contributed by atoms with Crippen molar-refractivity contribution in [2.45, 2.75) is 50.7 Å². The highest BCUT2D eigenvalue weighted by molar-refractivity contribution is 6.33. The van der Waals surface area contributed by atoms with Crippen LogP contribution in [0.15, 0.2) is 30.3 Å². The van der Waals surface area contributed by atoms with Gasteiger partial charge in [-0.25, -0.2) is 4.85 Å². The van der Waals surface area contributed by atoms with Crippen LogP contribution in [0, 0.1) is 18.4 Å². The molecule has 1 amide bonds. The van der Waals surface area contributed by atoms with Gasteiger partial charge in [-0.3, -0.25) is 9.59 Å². The van der Waals surface area contributed by atoms with E-state index in [0.717, 1.165) is 44.6 Å². The average Bonchev–Trinajstić information content (AvgIpc) is 3.38. The molecule has 0 bridgehead atoms. The molecule has 2 heterocycles. The quantitative estimate of drug-likeness (QED) is 0.646. The molecule has 1 aromatic heterocycles. The molecule has 34 heavy (non-hydrogen) atoms. The van der Waals surface area contributed by atoms with Gasteiger partial charge in [0.15, 0.2) is 11.5 Å². The van der Waals surface area contributed by atoms with E-state index >= 15 is 0 Å². The van der Waals surface area contributed by atoms with Crippen LogP contribution >= 0.6 is 11.6 Å². The third-order valence-electron chi connectivity index (χ3n) is 7.12. The van der Waals surface area contributed by atoms with E-state index in [0.29, 0.717) is 52.6 Å². The number of carbonyl (C=O) groups is 2. The molecule has 1 N–H and O–H groups in total. The van der Waals surface area contributed by atoms with Crippen molar-refractivity contribution in [2.75, 3.05) is 18.0 Å². The molecule has 3 fully saturated rings. The van der Waals surface area contributed by atoms with Crippen LogP contribution in [0.3, 0.4) is 0 Å². The average molecular weight is 480 g/mol. The Morgan fingerprint density at radius 1 is 1.09 bits per heavy atom. The van der Waals surface area contributed by atoms with E-state index in [-0.39, 0.29) is 18.1 Å². The molecule has 0 unspecified atom stereocenters. The minimum Gasteiger partial charge on any atom is -0.490 e. The fourth-order valence-electron chi connectivity index (χ4n) is 5.30. The van der Waals surface area contributed by atoms with E-state index in [1.54, 1.807) is 24.3 Å². The largest absolute Gasteiger partial charge is 0.490 e. The SMILES string of the molecule is [C-]#[N+]c1ccc(OC2CCC(NC(=O)c3ccc(N4C[C@H]5CC(=O)C[C@H]5C4)nn3)CC2)cc1Cl. The summed E-state index contributed by atoms with van der Waals surface area (Å²) >= 11 is 6.09. The molecule has 0 spiro atoms. The summed E-state index contributed by atoms with van der Waals surface area (Å²) in [4.78, 5) is 29.8. The van der Waals surface area contributed by atoms with Crippen molar-refractivity contribution in [1.29, 1.82) is 0 Å². The van der Waals surface area contributed by atoms with Gasteiger partial charge in [0.05, 0.1) is 17.7 Å². The van der Waals surface area contributed by atoms with Gasteiger partial charge in [0.1, 0.15) is 11.5 Å². The first-order chi connectivity index (χ1) is 16.5. The number of ketones is 1. The van der Waals surface area contributed by atoms with Crippen LogP contribution in [0.1, 0.15) is 49.0 Å². The predicted molar refractivity (Wildman–Crippen MR) is 127 cm³/mol. The Morgan fingerprint density at radius 2 is 1.82 bits per heavy atom. The second-order valence-corrected chi connectivity index (χ2v) is 9.85. The number of amides is 1. The number of fused-ring (bicyclic) bond motifs is 1. The molecular weight excluding hydrogens is 454 g/mol. The third-order valence-corrected chi connectivity index (χ3v) is 7.42. The monoisotopic (exact) mass is 479 g/mol. The van der Waals surface area contributed by atoms with Gasteiger partial charge < -0.3 is 15.0 Å². The summed E-state index contributed by atoms with van der Waals surface area (Å²) in [5.74, 6) is 2.42. The molecule has 176 valence electrons. The highest BCUT2D eigenvalue weighted by Crippen LogP contribution is 2.37. The Kier molecular flexibility index (Phi) is 6.38. The maximum atomic E-state index is 12.7. The number of aromatic nitrogens is 2. The summed E-state index contributed by atoms with van der Waals surface area (Å²) in [5, 5.41) is 11.9. The second-order valence-electron chi connectivity index (χ2n) is 9.44. The van der Waals surface area contributed by atoms with Crippen LogP contribution in [0.2, 0.25) is 5.02 Å². The fraction of sp³-hybridized carbons (Fsp3) is 0.480. The molecule has 8 nitrogen and oxygen atoms in total. The maximum absolute atomic E-state index is 12.7. The number of halogens is 1. The number of nitrogens with one attached hydrogen (secondary N) is 1. The number of ether oxygens (including phenoxy) is 1. The molecule has 0 radical (unpaired) electrons. The van der Waals surface area contributed by atoms with Crippen molar-refractivity contribution in [2.24, 2.45) is 11.8 Å². The first kappa shape index (κ1) is 22.6. The van der Waals surface area contributed by atoms with Gasteiger partial charge in [0.25, 0.3) is 5.91 Å². The Bertz CT molecular complexity index is 1110. The summed E-state index contributed by atoms with van der Waals surface area (Å²) in [7, 11) is 0. The smallest absolute Gasteiger partial charge is 0.272 e. The number of hydrogen-bond acceptors (Lipinski definition) is 6. The van der Waals surface area contributed by atoms with Crippen molar-refractivity contribution in [3.8, 4) is 5.75 Å². The number of rotatable bonds is 5. The van der Waals surface area contributed by atoms with Crippen LogP contribution in [-0.4, -0.2) is 47.1 Å². The maximum Gasteiger partial charge on any atom is 0.272 e. The van der Waals surface area contributed by atoms with Gasteiger partial charge in [0, 0.05) is 32.0 Å². The zero-order valence-electron chi connectivity index (χ0n) is 18.7. The van der Waals surface area contributed by atoms with Gasteiger partial charge >= 0.3 is 0 Å². The van der Waals surface area contributed by atoms with Crippen LogP contribution in [0.4, 0.5) is 11.5 Å². The number of carbonyl (C=O) groups excluding carboxylic acids is 2. The van der Waals surface area contributed by atoms with Crippen LogP contribution < -0.4 is 15.0 Å². The molecule has 2 atom stereocenters. The predicted octanol–water partition coefficient (Wildman–Crippen LogP) is 4.22. The zero-order valence-corrected chi connectivity index (χ0v) is 19.5. The molecule has 1 aliphatic heterocycles. The number of anilines is 1. The van der Waals surface area contributed by atoms with Gasteiger partial charge in [-0.2, -0.15) is 0 Å². The number of hydrogen-bond donors (Lipinski definition) is 1. The lowest BCUT2D eigenvalue weighted by Crippen LogP contribution is -2.40. The molecule has 3 aliphatic rings. The van der Waals surface area contributed by atoms with Crippen LogP contribution in [-0.2, 0) is 4.79 Å². The van der Waals surface area contributed by atoms with E-state index < -0.39 is 0 Å². The Labute approximate surface area is 203 Å². The van der Waals surface area contributed by atoms with Crippen LogP contribution in [0.25, 0.3) is 4.85 Å². The van der Waals surface area contributed by atoms with Crippen LogP contribution in [0.5, 0.6) is 5.75 Å². The lowest BCUT2D eigenvalue weighted by molar-refractivity contribution is -0.117. The summed E-state index contributed by atoms with van der Waals surface area (Å²) in [6.45, 7) is 8.73. The van der Waals surface area contributed by atoms with Gasteiger partial charge in [0.2, 0.25) is 5.69 Å². The molecule has 5 rings (SSSR count). The van der Waals surface area contributed by atoms with E-state index in [2.05, 4.69) is 25.3 Å². The minimum atomic E-state index is -0.214. The summed E-state index contributed by atoms with van der Waals surface area (Å²) in [5.41, 5.74) is 0.724. The van der Waals surface area contributed by atoms with Gasteiger partial charge in [-0.1, -0.05) is 17.7 Å². The molecule has 2 saturated carbocycles. The Balaban J connectivity index is 1.09. The highest BCUT2D eigenvalue weighted by atomic mass is 35.5. The molecular formula is C25H26ClN5O3. The standard InChI is InChI=1S/C25H26ClN5O3/c1-27-22-7-6-20(12-21(22)26)34-19-4-2-17(3-5-19)28-25(33)23-8-9-24(30-29-23)31-13-15-10-18(32)11-16(15)14-31/h6-9,12,15-17,19H,2-5,10-11,13-14H2,(H,28,33)/t15-,16+,17?,19?. The van der Waals surface area contributed by atoms with E-state index in [9.17, 15) is 9.59 Å². The lowest BCUT2D eigenvalue weighted by Gasteiger charge is -2.29. The van der Waals surface area contributed by atoms with Crippen molar-refractivity contribution in [3.05, 3.63) is 52.5 Å². The first-order valence-electron chi connectivity index (χ1n) is 11.7. The fourth-order valence-corrected chi connectivity index (χ4v) is 5.51. The van der Waals surface area contributed by atoms with Gasteiger partial charge in [-0.15, -0.1) is 10.2 Å². The van der Waals surface area contributed by atoms with Crippen molar-refractivity contribution < 1.29 is 14.3 Å². The normalized spacial score (nSPS) is 26.1. The number of Topliss-reactive ketones (excluding diaryl/α,β-unsaturated/α-hetero) is 1. The summed E-state index contributed by atoms with van der Waals surface area (Å²) in [6, 6.07) is 8.75. The van der Waals surface area contributed by atoms with Crippen molar-refractivity contribution in [1.82, 2.24) is 15.5 Å². The third kappa shape index (κ3) is 4.85. The van der Waals surface area contributed by atoms with E-state index in [4.69, 9.17) is 22.9 Å². The van der Waals surface area contributed by atoms with Gasteiger partial charge in [-0.05, 0) is 61.8 Å². The molecule has 2 aromatic rings.